The summed E-state index contributed by atoms with van der Waals surface area (Å²) in [5.41, 5.74) is 5.82. The van der Waals surface area contributed by atoms with E-state index in [-0.39, 0.29) is 12.5 Å². The third-order valence-corrected chi connectivity index (χ3v) is 5.55. The number of nitrogens with zero attached hydrogens (tertiary/aromatic N) is 3. The molecule has 1 aliphatic rings. The number of hydrogen-bond acceptors (Lipinski definition) is 7. The maximum Gasteiger partial charge on any atom is 0.281 e. The van der Waals surface area contributed by atoms with E-state index >= 15 is 0 Å². The van der Waals surface area contributed by atoms with Crippen LogP contribution in [0.3, 0.4) is 0 Å². The lowest BCUT2D eigenvalue weighted by Gasteiger charge is -2.25. The highest BCUT2D eigenvalue weighted by Crippen LogP contribution is 2.26. The highest BCUT2D eigenvalue weighted by molar-refractivity contribution is 7.17. The number of rotatable bonds is 5. The minimum Gasteiger partial charge on any atom is -0.378 e. The Morgan fingerprint density at radius 1 is 1.17 bits per heavy atom. The number of aryl methyl sites for hydroxylation is 1. The molecule has 2 N–H and O–H groups in total. The molecule has 0 radical (unpaired) electrons. The average Bonchev–Trinajstić information content (AvgIpc) is 3.14. The van der Waals surface area contributed by atoms with Crippen LogP contribution in [-0.4, -0.2) is 67.5 Å². The van der Waals surface area contributed by atoms with E-state index in [0.29, 0.717) is 29.3 Å². The van der Waals surface area contributed by atoms with E-state index < -0.39 is 11.8 Å². The normalized spacial score (nSPS) is 13.7. The lowest BCUT2D eigenvalue weighted by Crippen LogP contribution is -2.46. The van der Waals surface area contributed by atoms with Crippen molar-refractivity contribution in [2.24, 2.45) is 0 Å². The Hall–Kier alpha value is -2.98. The van der Waals surface area contributed by atoms with E-state index in [1.165, 1.54) is 23.3 Å². The number of aromatic nitrogens is 1. The van der Waals surface area contributed by atoms with Gasteiger partial charge in [-0.2, -0.15) is 0 Å². The van der Waals surface area contributed by atoms with Crippen molar-refractivity contribution in [1.29, 1.82) is 0 Å². The molecule has 0 aliphatic carbocycles. The largest absolute Gasteiger partial charge is 0.378 e. The first-order chi connectivity index (χ1) is 14.0. The molecule has 0 saturated carbocycles. The van der Waals surface area contributed by atoms with Crippen LogP contribution in [0.25, 0.3) is 0 Å². The number of benzene rings is 1. The van der Waals surface area contributed by atoms with Gasteiger partial charge in [-0.1, -0.05) is 29.5 Å². The highest BCUT2D eigenvalue weighted by atomic mass is 32.1. The molecule has 1 aromatic carbocycles. The maximum atomic E-state index is 12.4. The van der Waals surface area contributed by atoms with Gasteiger partial charge in [0.1, 0.15) is 11.4 Å². The summed E-state index contributed by atoms with van der Waals surface area (Å²) in [6.07, 6.45) is 0. The van der Waals surface area contributed by atoms with Crippen LogP contribution >= 0.6 is 11.3 Å². The second-order valence-corrected chi connectivity index (χ2v) is 7.52. The smallest absolute Gasteiger partial charge is 0.281 e. The summed E-state index contributed by atoms with van der Waals surface area (Å²) in [6, 6.07) is 8.67. The van der Waals surface area contributed by atoms with Crippen molar-refractivity contribution in [1.82, 2.24) is 20.7 Å². The first-order valence-corrected chi connectivity index (χ1v) is 9.97. The van der Waals surface area contributed by atoms with Gasteiger partial charge in [-0.3, -0.25) is 25.2 Å². The summed E-state index contributed by atoms with van der Waals surface area (Å²) in [4.78, 5) is 45.0. The Labute approximate surface area is 172 Å². The third-order valence-electron chi connectivity index (χ3n) is 4.34. The second-order valence-electron chi connectivity index (χ2n) is 6.54. The lowest BCUT2D eigenvalue weighted by molar-refractivity contribution is -0.122. The fourth-order valence-corrected chi connectivity index (χ4v) is 3.81. The number of ether oxygens (including phenoxy) is 1. The van der Waals surface area contributed by atoms with Crippen molar-refractivity contribution >= 4 is 34.2 Å². The van der Waals surface area contributed by atoms with E-state index in [2.05, 4.69) is 20.7 Å². The molecule has 0 bridgehead atoms. The predicted molar refractivity (Wildman–Crippen MR) is 109 cm³/mol. The topological polar surface area (TPSA) is 104 Å². The zero-order valence-electron chi connectivity index (χ0n) is 16.3. The van der Waals surface area contributed by atoms with Gasteiger partial charge in [0.05, 0.1) is 18.9 Å². The van der Waals surface area contributed by atoms with Crippen LogP contribution in [0.5, 0.6) is 0 Å². The van der Waals surface area contributed by atoms with Crippen LogP contribution in [0.4, 0.5) is 5.13 Å². The number of likely N-dealkylation sites (N-methyl/N-ethyl adjacent to an activating group) is 1. The van der Waals surface area contributed by atoms with Gasteiger partial charge < -0.3 is 14.5 Å². The zero-order chi connectivity index (χ0) is 20.8. The molecule has 1 saturated heterocycles. The summed E-state index contributed by atoms with van der Waals surface area (Å²) >= 11 is 1.27. The van der Waals surface area contributed by atoms with Crippen molar-refractivity contribution < 1.29 is 19.1 Å². The lowest BCUT2D eigenvalue weighted by atomic mass is 10.2. The van der Waals surface area contributed by atoms with Gasteiger partial charge in [0.25, 0.3) is 17.7 Å². The first-order valence-electron chi connectivity index (χ1n) is 9.15. The molecule has 1 aliphatic heterocycles. The summed E-state index contributed by atoms with van der Waals surface area (Å²) in [5, 5.41) is 0.760. The Morgan fingerprint density at radius 3 is 2.55 bits per heavy atom. The summed E-state index contributed by atoms with van der Waals surface area (Å²) in [7, 11) is 1.53. The molecule has 10 heteroatoms. The Bertz CT molecular complexity index is 880. The van der Waals surface area contributed by atoms with E-state index in [4.69, 9.17) is 4.74 Å². The molecule has 29 heavy (non-hydrogen) atoms. The van der Waals surface area contributed by atoms with Crippen molar-refractivity contribution in [2.75, 3.05) is 44.8 Å². The molecule has 3 rings (SSSR count). The van der Waals surface area contributed by atoms with E-state index in [1.54, 1.807) is 31.2 Å². The van der Waals surface area contributed by atoms with Crippen LogP contribution in [0, 0.1) is 6.92 Å². The molecular weight excluding hydrogens is 394 g/mol. The molecule has 0 spiro atoms. The van der Waals surface area contributed by atoms with Crippen molar-refractivity contribution in [2.45, 2.75) is 6.92 Å². The predicted octanol–water partition coefficient (Wildman–Crippen LogP) is 0.821. The number of amides is 3. The van der Waals surface area contributed by atoms with Crippen LogP contribution < -0.4 is 15.8 Å². The number of anilines is 1. The number of carbonyl (C=O) groups is 3. The van der Waals surface area contributed by atoms with Gasteiger partial charge in [-0.25, -0.2) is 4.98 Å². The fraction of sp³-hybridized carbons (Fsp3) is 0.368. The molecule has 1 aromatic heterocycles. The van der Waals surface area contributed by atoms with E-state index in [9.17, 15) is 14.4 Å². The molecule has 3 amide bonds. The molecule has 9 nitrogen and oxygen atoms in total. The minimum absolute atomic E-state index is 0.186. The van der Waals surface area contributed by atoms with Crippen LogP contribution in [-0.2, 0) is 9.53 Å². The van der Waals surface area contributed by atoms with Crippen molar-refractivity contribution in [3.63, 3.8) is 0 Å². The summed E-state index contributed by atoms with van der Waals surface area (Å²) in [6.45, 7) is 4.29. The standard InChI is InChI=1S/C19H23N5O4S/c1-13-16(29-19(20-13)24-8-10-28-11-9-24)17(26)22-21-15(25)12-23(2)18(27)14-6-4-3-5-7-14/h3-7H,8-12H2,1-2H3,(H,21,25)(H,22,26). The Kier molecular flexibility index (Phi) is 6.78. The average molecular weight is 417 g/mol. The van der Waals surface area contributed by atoms with Crippen molar-refractivity contribution in [3.05, 3.63) is 46.5 Å². The highest BCUT2D eigenvalue weighted by Gasteiger charge is 2.21. The molecular formula is C19H23N5O4S. The Balaban J connectivity index is 1.51. The van der Waals surface area contributed by atoms with Gasteiger partial charge in [0, 0.05) is 25.7 Å². The molecule has 154 valence electrons. The van der Waals surface area contributed by atoms with E-state index in [1.807, 2.05) is 6.07 Å². The molecule has 0 unspecified atom stereocenters. The van der Waals surface area contributed by atoms with Crippen LogP contribution in [0.2, 0.25) is 0 Å². The van der Waals surface area contributed by atoms with E-state index in [0.717, 1.165) is 18.2 Å². The SMILES string of the molecule is Cc1nc(N2CCOCC2)sc1C(=O)NNC(=O)CN(C)C(=O)c1ccccc1. The quantitative estimate of drug-likeness (QED) is 0.698. The second kappa shape index (κ2) is 9.48. The van der Waals surface area contributed by atoms with Crippen molar-refractivity contribution in [3.8, 4) is 0 Å². The van der Waals surface area contributed by atoms with Gasteiger partial charge >= 0.3 is 0 Å². The minimum atomic E-state index is -0.499. The third kappa shape index (κ3) is 5.30. The van der Waals surface area contributed by atoms with Gasteiger partial charge in [-0.15, -0.1) is 0 Å². The van der Waals surface area contributed by atoms with Gasteiger partial charge in [0.2, 0.25) is 0 Å². The number of morpholine rings is 1. The van der Waals surface area contributed by atoms with Gasteiger partial charge in [0.15, 0.2) is 5.13 Å². The summed E-state index contributed by atoms with van der Waals surface area (Å²) in [5.74, 6) is -1.22. The number of nitrogens with one attached hydrogen (secondary N) is 2. The maximum absolute atomic E-state index is 12.4. The molecule has 2 aromatic rings. The molecule has 0 atom stereocenters. The fourth-order valence-electron chi connectivity index (χ4n) is 2.79. The number of hydrogen-bond donors (Lipinski definition) is 2. The Morgan fingerprint density at radius 2 is 1.86 bits per heavy atom. The summed E-state index contributed by atoms with van der Waals surface area (Å²) < 4.78 is 5.33. The zero-order valence-corrected chi connectivity index (χ0v) is 17.1. The monoisotopic (exact) mass is 417 g/mol. The molecule has 1 fully saturated rings. The van der Waals surface area contributed by atoms with Crippen LogP contribution in [0.1, 0.15) is 25.7 Å². The molecule has 2 heterocycles. The number of carbonyl (C=O) groups excluding carboxylic acids is 3. The van der Waals surface area contributed by atoms with Crippen LogP contribution in [0.15, 0.2) is 30.3 Å². The van der Waals surface area contributed by atoms with Gasteiger partial charge in [-0.05, 0) is 19.1 Å². The first kappa shape index (κ1) is 20.7. The number of thiazole rings is 1. The number of hydrazine groups is 1.